The summed E-state index contributed by atoms with van der Waals surface area (Å²) in [5.41, 5.74) is 4.90. The van der Waals surface area contributed by atoms with E-state index in [9.17, 15) is 4.79 Å². The number of hydrogen-bond acceptors (Lipinski definition) is 3. The summed E-state index contributed by atoms with van der Waals surface area (Å²) in [6.45, 7) is 0.433. The van der Waals surface area contributed by atoms with E-state index in [1.165, 1.54) is 0 Å². The number of hydrogen-bond donors (Lipinski definition) is 1. The van der Waals surface area contributed by atoms with E-state index >= 15 is 0 Å². The zero-order valence-electron chi connectivity index (χ0n) is 4.83. The van der Waals surface area contributed by atoms with E-state index in [1.54, 1.807) is 0 Å². The van der Waals surface area contributed by atoms with Crippen LogP contribution >= 0.6 is 0 Å². The molecule has 1 rings (SSSR count). The summed E-state index contributed by atoms with van der Waals surface area (Å²) in [7, 11) is 0. The largest absolute Gasteiger partial charge is 0.395 e. The smallest absolute Gasteiger partial charge is 0.218 e. The average molecular weight is 127 g/mol. The first-order valence-corrected chi connectivity index (χ1v) is 2.65. The number of nitrogens with two attached hydrogens (primary N) is 1. The van der Waals surface area contributed by atoms with Gasteiger partial charge in [-0.15, -0.1) is 0 Å². The Morgan fingerprint density at radius 2 is 2.78 bits per heavy atom. The predicted molar refractivity (Wildman–Crippen MR) is 30.7 cm³/mol. The molecule has 1 heterocycles. The molecule has 2 N–H and O–H groups in total. The molecule has 1 amide bonds. The van der Waals surface area contributed by atoms with Crippen LogP contribution in [0.15, 0.2) is 5.16 Å². The topological polar surface area (TPSA) is 64.7 Å². The minimum absolute atomic E-state index is 0.0255. The SMILES string of the molecule is NC(=O)CC1[C]=NOC1. The fraction of sp³-hybridized carbons (Fsp3) is 0.600. The van der Waals surface area contributed by atoms with Crippen molar-refractivity contribution in [3.8, 4) is 0 Å². The van der Waals surface area contributed by atoms with Crippen LogP contribution in [0.1, 0.15) is 6.42 Å². The van der Waals surface area contributed by atoms with E-state index in [-0.39, 0.29) is 18.2 Å². The Labute approximate surface area is 52.7 Å². The molecule has 0 aromatic carbocycles. The molecule has 49 valence electrons. The molecule has 0 bridgehead atoms. The van der Waals surface area contributed by atoms with E-state index in [0.717, 1.165) is 0 Å². The van der Waals surface area contributed by atoms with Crippen molar-refractivity contribution < 1.29 is 9.63 Å². The Morgan fingerprint density at radius 1 is 2.00 bits per heavy atom. The van der Waals surface area contributed by atoms with Gasteiger partial charge in [-0.05, 0) is 0 Å². The lowest BCUT2D eigenvalue weighted by Crippen LogP contribution is -2.17. The molecule has 4 heteroatoms. The van der Waals surface area contributed by atoms with Crippen LogP contribution in [-0.2, 0) is 9.63 Å². The molecule has 1 atom stereocenters. The zero-order valence-corrected chi connectivity index (χ0v) is 4.83. The van der Waals surface area contributed by atoms with Crippen molar-refractivity contribution in [3.05, 3.63) is 0 Å². The molecular formula is C5H7N2O2. The Bertz CT molecular complexity index is 144. The number of rotatable bonds is 2. The third-order valence-electron chi connectivity index (χ3n) is 1.02. The summed E-state index contributed by atoms with van der Waals surface area (Å²) in [5, 5.41) is 3.36. The summed E-state index contributed by atoms with van der Waals surface area (Å²) in [4.78, 5) is 14.8. The van der Waals surface area contributed by atoms with Gasteiger partial charge < -0.3 is 10.6 Å². The first kappa shape index (κ1) is 6.07. The standard InChI is InChI=1S/C5H7N2O2/c6-5(8)1-4-2-7-9-3-4/h4H,1,3H2,(H2,6,8). The van der Waals surface area contributed by atoms with Gasteiger partial charge in [0.2, 0.25) is 5.91 Å². The highest BCUT2D eigenvalue weighted by molar-refractivity contribution is 5.78. The molecule has 0 saturated heterocycles. The summed E-state index contributed by atoms with van der Waals surface area (Å²) >= 11 is 0. The van der Waals surface area contributed by atoms with Crippen LogP contribution in [0.4, 0.5) is 0 Å². The summed E-state index contributed by atoms with van der Waals surface area (Å²) < 4.78 is 0. The molecule has 1 unspecified atom stereocenters. The lowest BCUT2D eigenvalue weighted by atomic mass is 10.1. The lowest BCUT2D eigenvalue weighted by Gasteiger charge is -1.96. The van der Waals surface area contributed by atoms with Gasteiger partial charge in [0.25, 0.3) is 0 Å². The number of nitrogens with zero attached hydrogens (tertiary/aromatic N) is 1. The lowest BCUT2D eigenvalue weighted by molar-refractivity contribution is -0.118. The van der Waals surface area contributed by atoms with Crippen molar-refractivity contribution in [1.29, 1.82) is 0 Å². The Morgan fingerprint density at radius 3 is 3.22 bits per heavy atom. The van der Waals surface area contributed by atoms with Crippen LogP contribution in [0.2, 0.25) is 0 Å². The molecule has 0 aliphatic carbocycles. The summed E-state index contributed by atoms with van der Waals surface area (Å²) in [5.74, 6) is -0.365. The van der Waals surface area contributed by atoms with Gasteiger partial charge in [-0.25, -0.2) is 0 Å². The van der Waals surface area contributed by atoms with Crippen molar-refractivity contribution in [1.82, 2.24) is 0 Å². The minimum Gasteiger partial charge on any atom is -0.395 e. The fourth-order valence-corrected chi connectivity index (χ4v) is 0.624. The van der Waals surface area contributed by atoms with E-state index in [0.29, 0.717) is 6.61 Å². The zero-order chi connectivity index (χ0) is 6.69. The maximum Gasteiger partial charge on any atom is 0.218 e. The fourth-order valence-electron chi connectivity index (χ4n) is 0.624. The number of primary amides is 1. The van der Waals surface area contributed by atoms with Gasteiger partial charge in [-0.1, -0.05) is 5.16 Å². The normalized spacial score (nSPS) is 23.8. The minimum atomic E-state index is -0.340. The highest BCUT2D eigenvalue weighted by Gasteiger charge is 2.15. The van der Waals surface area contributed by atoms with Gasteiger partial charge in [0.05, 0.1) is 5.92 Å². The number of carbonyl (C=O) groups is 1. The molecule has 0 aromatic rings. The van der Waals surface area contributed by atoms with Gasteiger partial charge >= 0.3 is 0 Å². The molecule has 1 aliphatic heterocycles. The monoisotopic (exact) mass is 127 g/mol. The van der Waals surface area contributed by atoms with Crippen molar-refractivity contribution in [2.45, 2.75) is 6.42 Å². The van der Waals surface area contributed by atoms with Crippen LogP contribution in [0.5, 0.6) is 0 Å². The first-order valence-electron chi connectivity index (χ1n) is 2.65. The Kier molecular flexibility index (Phi) is 1.67. The van der Waals surface area contributed by atoms with Gasteiger partial charge in [0.15, 0.2) is 0 Å². The van der Waals surface area contributed by atoms with Crippen LogP contribution in [-0.4, -0.2) is 18.7 Å². The number of amides is 1. The van der Waals surface area contributed by atoms with Crippen LogP contribution in [0, 0.1) is 5.92 Å². The second-order valence-corrected chi connectivity index (χ2v) is 1.88. The molecule has 1 aliphatic rings. The third kappa shape index (κ3) is 1.71. The van der Waals surface area contributed by atoms with Crippen molar-refractivity contribution in [3.63, 3.8) is 0 Å². The van der Waals surface area contributed by atoms with Gasteiger partial charge in [0.1, 0.15) is 12.8 Å². The Balaban J connectivity index is 2.28. The second kappa shape index (κ2) is 2.48. The van der Waals surface area contributed by atoms with Crippen molar-refractivity contribution >= 4 is 12.1 Å². The van der Waals surface area contributed by atoms with Crippen LogP contribution in [0.25, 0.3) is 0 Å². The Hall–Kier alpha value is -1.06. The highest BCUT2D eigenvalue weighted by Crippen LogP contribution is 2.05. The molecule has 0 saturated carbocycles. The van der Waals surface area contributed by atoms with E-state index in [2.05, 4.69) is 16.2 Å². The second-order valence-electron chi connectivity index (χ2n) is 1.88. The molecule has 4 nitrogen and oxygen atoms in total. The van der Waals surface area contributed by atoms with E-state index < -0.39 is 0 Å². The molecule has 1 radical (unpaired) electrons. The first-order chi connectivity index (χ1) is 4.29. The van der Waals surface area contributed by atoms with Crippen LogP contribution < -0.4 is 5.73 Å². The molecule has 0 spiro atoms. The summed E-state index contributed by atoms with van der Waals surface area (Å²) in [6.07, 6.45) is 2.87. The van der Waals surface area contributed by atoms with E-state index in [4.69, 9.17) is 5.73 Å². The molecular weight excluding hydrogens is 120 g/mol. The van der Waals surface area contributed by atoms with Crippen LogP contribution in [0.3, 0.4) is 0 Å². The van der Waals surface area contributed by atoms with Gasteiger partial charge in [-0.2, -0.15) is 0 Å². The average Bonchev–Trinajstić information content (AvgIpc) is 2.15. The molecule has 0 aromatic heterocycles. The van der Waals surface area contributed by atoms with Crippen molar-refractivity contribution in [2.24, 2.45) is 16.8 Å². The predicted octanol–water partition coefficient (Wildman–Crippen LogP) is -0.629. The molecule has 9 heavy (non-hydrogen) atoms. The maximum atomic E-state index is 10.2. The summed E-state index contributed by atoms with van der Waals surface area (Å²) in [6, 6.07) is 0. The number of carbonyl (C=O) groups excluding carboxylic acids is 1. The van der Waals surface area contributed by atoms with Crippen molar-refractivity contribution in [2.75, 3.05) is 6.61 Å². The van der Waals surface area contributed by atoms with Gasteiger partial charge in [-0.3, -0.25) is 4.79 Å². The molecule has 0 fully saturated rings. The van der Waals surface area contributed by atoms with Gasteiger partial charge in [0, 0.05) is 6.42 Å². The maximum absolute atomic E-state index is 10.2. The van der Waals surface area contributed by atoms with E-state index in [1.807, 2.05) is 0 Å². The quantitative estimate of drug-likeness (QED) is 0.536. The third-order valence-corrected chi connectivity index (χ3v) is 1.02. The highest BCUT2D eigenvalue weighted by atomic mass is 16.6.